The van der Waals surface area contributed by atoms with Crippen molar-refractivity contribution in [3.8, 4) is 5.75 Å². The van der Waals surface area contributed by atoms with Crippen LogP contribution < -0.4 is 14.8 Å². The molecule has 26 heavy (non-hydrogen) atoms. The van der Waals surface area contributed by atoms with Gasteiger partial charge in [0.1, 0.15) is 5.75 Å². The average Bonchev–Trinajstić information content (AvgIpc) is 2.62. The summed E-state index contributed by atoms with van der Waals surface area (Å²) in [6.07, 6.45) is 0.641. The molecule has 140 valence electrons. The van der Waals surface area contributed by atoms with E-state index in [-0.39, 0.29) is 10.8 Å². The van der Waals surface area contributed by atoms with E-state index in [0.717, 1.165) is 15.8 Å². The van der Waals surface area contributed by atoms with Crippen LogP contribution in [-0.2, 0) is 21.2 Å². The van der Waals surface area contributed by atoms with Gasteiger partial charge >= 0.3 is 0 Å². The molecule has 0 aliphatic rings. The van der Waals surface area contributed by atoms with Crippen molar-refractivity contribution in [1.82, 2.24) is 10.0 Å². The molecule has 1 atom stereocenters. The molecule has 6 nitrogen and oxygen atoms in total. The van der Waals surface area contributed by atoms with E-state index < -0.39 is 16.1 Å². The molecule has 2 rings (SSSR count). The summed E-state index contributed by atoms with van der Waals surface area (Å²) in [5.41, 5.74) is 1.05. The number of sulfonamides is 1. The number of nitrogens with one attached hydrogen (secondary N) is 2. The number of halogens is 1. The number of carbonyl (C=O) groups is 1. The van der Waals surface area contributed by atoms with E-state index in [1.54, 1.807) is 19.2 Å². The van der Waals surface area contributed by atoms with Crippen LogP contribution in [0.15, 0.2) is 57.9 Å². The first-order valence-corrected chi connectivity index (χ1v) is 10.3. The van der Waals surface area contributed by atoms with Gasteiger partial charge in [0.15, 0.2) is 0 Å². The molecular weight excluding hydrogens is 420 g/mol. The molecule has 0 unspecified atom stereocenters. The van der Waals surface area contributed by atoms with Gasteiger partial charge in [0.25, 0.3) is 0 Å². The molecule has 0 spiro atoms. The van der Waals surface area contributed by atoms with Crippen LogP contribution in [0.1, 0.15) is 12.5 Å². The molecular formula is C18H21BrN2O4S. The zero-order valence-corrected chi connectivity index (χ0v) is 16.9. The van der Waals surface area contributed by atoms with E-state index in [1.165, 1.54) is 19.1 Å². The van der Waals surface area contributed by atoms with Gasteiger partial charge in [-0.05, 0) is 55.3 Å². The standard InChI is InChI=1S/C18H21BrN2O4S/c1-13(21-26(23,24)17-9-5-15(19)6-10-17)18(22)20-12-11-14-3-7-16(25-2)8-4-14/h3-10,13,21H,11-12H2,1-2H3,(H,20,22)/t13-/m0/s1. The van der Waals surface area contributed by atoms with Crippen LogP contribution in [0.5, 0.6) is 5.75 Å². The van der Waals surface area contributed by atoms with E-state index >= 15 is 0 Å². The van der Waals surface area contributed by atoms with Crippen molar-refractivity contribution in [1.29, 1.82) is 0 Å². The van der Waals surface area contributed by atoms with Crippen LogP contribution >= 0.6 is 15.9 Å². The summed E-state index contributed by atoms with van der Waals surface area (Å²) in [6, 6.07) is 12.9. The number of rotatable bonds is 8. The van der Waals surface area contributed by atoms with Gasteiger partial charge in [-0.15, -0.1) is 0 Å². The highest BCUT2D eigenvalue weighted by Gasteiger charge is 2.21. The van der Waals surface area contributed by atoms with E-state index in [2.05, 4.69) is 26.0 Å². The highest BCUT2D eigenvalue weighted by molar-refractivity contribution is 9.10. The van der Waals surface area contributed by atoms with E-state index in [4.69, 9.17) is 4.74 Å². The largest absolute Gasteiger partial charge is 0.497 e. The fraction of sp³-hybridized carbons (Fsp3) is 0.278. The Bertz CT molecular complexity index is 836. The van der Waals surface area contributed by atoms with E-state index in [9.17, 15) is 13.2 Å². The van der Waals surface area contributed by atoms with Gasteiger partial charge in [-0.2, -0.15) is 4.72 Å². The lowest BCUT2D eigenvalue weighted by atomic mass is 10.1. The second-order valence-electron chi connectivity index (χ2n) is 5.69. The predicted molar refractivity (Wildman–Crippen MR) is 104 cm³/mol. The first kappa shape index (κ1) is 20.4. The Labute approximate surface area is 162 Å². The first-order valence-electron chi connectivity index (χ1n) is 8.00. The second-order valence-corrected chi connectivity index (χ2v) is 8.32. The van der Waals surface area contributed by atoms with Gasteiger partial charge in [0.05, 0.1) is 18.0 Å². The minimum absolute atomic E-state index is 0.110. The molecule has 0 aliphatic carbocycles. The third kappa shape index (κ3) is 5.82. The average molecular weight is 441 g/mol. The fourth-order valence-corrected chi connectivity index (χ4v) is 3.71. The first-order chi connectivity index (χ1) is 12.3. The minimum Gasteiger partial charge on any atom is -0.497 e. The Kier molecular flexibility index (Phi) is 7.19. The molecule has 0 aliphatic heterocycles. The number of benzene rings is 2. The Hall–Kier alpha value is -1.90. The van der Waals surface area contributed by atoms with Crippen molar-refractivity contribution in [2.24, 2.45) is 0 Å². The Morgan fingerprint density at radius 3 is 2.31 bits per heavy atom. The van der Waals surface area contributed by atoms with Gasteiger partial charge in [-0.25, -0.2) is 8.42 Å². The third-order valence-corrected chi connectivity index (χ3v) is 5.81. The normalized spacial score (nSPS) is 12.4. The summed E-state index contributed by atoms with van der Waals surface area (Å²) in [6.45, 7) is 1.93. The monoisotopic (exact) mass is 440 g/mol. The molecule has 2 N–H and O–H groups in total. The van der Waals surface area contributed by atoms with Gasteiger partial charge in [0.2, 0.25) is 15.9 Å². The highest BCUT2D eigenvalue weighted by atomic mass is 79.9. The summed E-state index contributed by atoms with van der Waals surface area (Å²) in [4.78, 5) is 12.2. The van der Waals surface area contributed by atoms with Crippen molar-refractivity contribution in [3.63, 3.8) is 0 Å². The Balaban J connectivity index is 1.85. The number of hydrogen-bond acceptors (Lipinski definition) is 4. The predicted octanol–water partition coefficient (Wildman–Crippen LogP) is 2.48. The zero-order valence-electron chi connectivity index (χ0n) is 14.5. The quantitative estimate of drug-likeness (QED) is 0.660. The maximum atomic E-state index is 12.3. The van der Waals surface area contributed by atoms with Crippen LogP contribution in [-0.4, -0.2) is 34.0 Å². The van der Waals surface area contributed by atoms with Gasteiger partial charge in [-0.3, -0.25) is 4.79 Å². The van der Waals surface area contributed by atoms with Gasteiger partial charge in [-0.1, -0.05) is 28.1 Å². The number of ether oxygens (including phenoxy) is 1. The molecule has 0 bridgehead atoms. The molecule has 8 heteroatoms. The van der Waals surface area contributed by atoms with Crippen molar-refractivity contribution in [2.45, 2.75) is 24.3 Å². The summed E-state index contributed by atoms with van der Waals surface area (Å²) in [7, 11) is -2.15. The fourth-order valence-electron chi connectivity index (χ4n) is 2.24. The second kappa shape index (κ2) is 9.16. The van der Waals surface area contributed by atoms with Crippen LogP contribution in [0.2, 0.25) is 0 Å². The van der Waals surface area contributed by atoms with Crippen molar-refractivity contribution < 1.29 is 17.9 Å². The Morgan fingerprint density at radius 1 is 1.12 bits per heavy atom. The van der Waals surface area contributed by atoms with Gasteiger partial charge < -0.3 is 10.1 Å². The van der Waals surface area contributed by atoms with Crippen LogP contribution in [0, 0.1) is 0 Å². The number of hydrogen-bond donors (Lipinski definition) is 2. The molecule has 0 radical (unpaired) electrons. The molecule has 0 saturated heterocycles. The van der Waals surface area contributed by atoms with Crippen LogP contribution in [0.4, 0.5) is 0 Å². The topological polar surface area (TPSA) is 84.5 Å². The third-order valence-electron chi connectivity index (χ3n) is 3.72. The van der Waals surface area contributed by atoms with Crippen molar-refractivity contribution in [3.05, 3.63) is 58.6 Å². The molecule has 0 saturated carbocycles. The molecule has 2 aromatic rings. The number of amides is 1. The highest BCUT2D eigenvalue weighted by Crippen LogP contribution is 2.15. The SMILES string of the molecule is COc1ccc(CCNC(=O)[C@H](C)NS(=O)(=O)c2ccc(Br)cc2)cc1. The Morgan fingerprint density at radius 2 is 1.73 bits per heavy atom. The lowest BCUT2D eigenvalue weighted by molar-refractivity contribution is -0.122. The number of methoxy groups -OCH3 is 1. The maximum Gasteiger partial charge on any atom is 0.241 e. The molecule has 1 amide bonds. The maximum absolute atomic E-state index is 12.3. The minimum atomic E-state index is -3.75. The van der Waals surface area contributed by atoms with E-state index in [0.29, 0.717) is 13.0 Å². The van der Waals surface area contributed by atoms with E-state index in [1.807, 2.05) is 24.3 Å². The smallest absolute Gasteiger partial charge is 0.241 e. The molecule has 0 heterocycles. The van der Waals surface area contributed by atoms with Crippen molar-refractivity contribution >= 4 is 31.9 Å². The summed E-state index contributed by atoms with van der Waals surface area (Å²) in [5, 5.41) is 2.74. The summed E-state index contributed by atoms with van der Waals surface area (Å²) < 4.78 is 32.8. The lowest BCUT2D eigenvalue weighted by Crippen LogP contribution is -2.45. The van der Waals surface area contributed by atoms with Crippen LogP contribution in [0.3, 0.4) is 0 Å². The summed E-state index contributed by atoms with van der Waals surface area (Å²) >= 11 is 3.26. The van der Waals surface area contributed by atoms with Crippen molar-refractivity contribution in [2.75, 3.05) is 13.7 Å². The van der Waals surface area contributed by atoms with Crippen LogP contribution in [0.25, 0.3) is 0 Å². The molecule has 2 aromatic carbocycles. The summed E-state index contributed by atoms with van der Waals surface area (Å²) in [5.74, 6) is 0.396. The van der Waals surface area contributed by atoms with Gasteiger partial charge in [0, 0.05) is 11.0 Å². The zero-order chi connectivity index (χ0) is 19.2. The molecule has 0 aromatic heterocycles. The number of carbonyl (C=O) groups excluding carboxylic acids is 1. The lowest BCUT2D eigenvalue weighted by Gasteiger charge is -2.14. The molecule has 0 fully saturated rings.